The largest absolute Gasteiger partial charge is 0.377 e. The third-order valence-electron chi connectivity index (χ3n) is 4.29. The van der Waals surface area contributed by atoms with E-state index in [0.717, 1.165) is 36.7 Å². The van der Waals surface area contributed by atoms with Crippen LogP contribution in [0.15, 0.2) is 10.6 Å². The van der Waals surface area contributed by atoms with Crippen LogP contribution >= 0.6 is 11.8 Å². The molecule has 1 aliphatic rings. The van der Waals surface area contributed by atoms with E-state index in [2.05, 4.69) is 32.0 Å². The lowest BCUT2D eigenvalue weighted by Gasteiger charge is -2.32. The molecule has 2 atom stereocenters. The Bertz CT molecular complexity index is 548. The van der Waals surface area contributed by atoms with E-state index in [1.807, 2.05) is 13.8 Å². The van der Waals surface area contributed by atoms with Crippen molar-refractivity contribution in [1.82, 2.24) is 5.16 Å². The van der Waals surface area contributed by atoms with Crippen molar-refractivity contribution in [2.45, 2.75) is 69.6 Å². The van der Waals surface area contributed by atoms with Crippen LogP contribution in [0.3, 0.4) is 0 Å². The number of primary amides is 1. The van der Waals surface area contributed by atoms with Crippen LogP contribution in [0.5, 0.6) is 0 Å². The number of aromatic nitrogens is 1. The first-order valence-corrected chi connectivity index (χ1v) is 9.12. The number of hydrogen-bond donors (Lipinski definition) is 1. The fraction of sp³-hybridized carbons (Fsp3) is 0.765. The van der Waals surface area contributed by atoms with Crippen molar-refractivity contribution in [2.24, 2.45) is 5.73 Å². The van der Waals surface area contributed by atoms with Crippen molar-refractivity contribution in [1.29, 1.82) is 0 Å². The van der Waals surface area contributed by atoms with E-state index >= 15 is 0 Å². The zero-order valence-electron chi connectivity index (χ0n) is 14.7. The first kappa shape index (κ1) is 18.3. The molecule has 0 bridgehead atoms. The summed E-state index contributed by atoms with van der Waals surface area (Å²) in [5, 5.41) is 4.28. The minimum absolute atomic E-state index is 0.0327. The van der Waals surface area contributed by atoms with Gasteiger partial charge in [-0.05, 0) is 26.7 Å². The molecule has 0 spiro atoms. The first-order valence-electron chi connectivity index (χ1n) is 8.14. The van der Waals surface area contributed by atoms with Gasteiger partial charge < -0.3 is 15.0 Å². The molecule has 1 saturated heterocycles. The maximum Gasteiger partial charge on any atom is 0.233 e. The van der Waals surface area contributed by atoms with E-state index in [9.17, 15) is 4.79 Å². The van der Waals surface area contributed by atoms with Gasteiger partial charge in [-0.2, -0.15) is 0 Å². The van der Waals surface area contributed by atoms with E-state index in [0.29, 0.717) is 0 Å². The highest BCUT2D eigenvalue weighted by Gasteiger charge is 2.34. The molecule has 23 heavy (non-hydrogen) atoms. The lowest BCUT2D eigenvalue weighted by molar-refractivity contribution is -0.119. The predicted molar refractivity (Wildman–Crippen MR) is 92.6 cm³/mol. The number of nitrogens with zero attached hydrogens (tertiary/aromatic N) is 1. The molecule has 1 aliphatic heterocycles. The molecule has 0 aliphatic carbocycles. The van der Waals surface area contributed by atoms with Gasteiger partial charge in [0.2, 0.25) is 5.91 Å². The first-order chi connectivity index (χ1) is 10.6. The summed E-state index contributed by atoms with van der Waals surface area (Å²) in [4.78, 5) is 11.5. The van der Waals surface area contributed by atoms with Crippen LogP contribution in [0.1, 0.15) is 64.8 Å². The summed E-state index contributed by atoms with van der Waals surface area (Å²) in [7, 11) is 0. The maximum absolute atomic E-state index is 11.5. The fourth-order valence-corrected chi connectivity index (χ4v) is 3.57. The zero-order chi connectivity index (χ0) is 17.3. The van der Waals surface area contributed by atoms with Crippen molar-refractivity contribution in [3.8, 4) is 0 Å². The van der Waals surface area contributed by atoms with E-state index in [4.69, 9.17) is 15.0 Å². The summed E-state index contributed by atoms with van der Waals surface area (Å²) in [5.74, 6) is 1.52. The lowest BCUT2D eigenvalue weighted by Crippen LogP contribution is -2.38. The Morgan fingerprint density at radius 1 is 1.39 bits per heavy atom. The molecule has 2 rings (SSSR count). The standard InChI is InChI=1S/C17H28N2O3S/c1-16(2,3)14-9-12(19-22-14)11-7-6-8-21-13(11)10-23-17(4,5)15(18)20/h9,11,13H,6-8,10H2,1-5H3,(H2,18,20). The number of carbonyl (C=O) groups is 1. The number of thioether (sulfide) groups is 1. The van der Waals surface area contributed by atoms with Crippen molar-refractivity contribution < 1.29 is 14.1 Å². The second kappa shape index (κ2) is 6.85. The van der Waals surface area contributed by atoms with E-state index in [1.54, 1.807) is 11.8 Å². The predicted octanol–water partition coefficient (Wildman–Crippen LogP) is 3.23. The van der Waals surface area contributed by atoms with Crippen LogP contribution in [-0.2, 0) is 14.9 Å². The van der Waals surface area contributed by atoms with Crippen molar-refractivity contribution in [2.75, 3.05) is 12.4 Å². The third kappa shape index (κ3) is 4.51. The number of carbonyl (C=O) groups excluding carboxylic acids is 1. The second-order valence-electron chi connectivity index (χ2n) is 7.71. The van der Waals surface area contributed by atoms with E-state index in [1.165, 1.54) is 0 Å². The molecule has 0 radical (unpaired) electrons. The van der Waals surface area contributed by atoms with Crippen molar-refractivity contribution in [3.05, 3.63) is 17.5 Å². The van der Waals surface area contributed by atoms with Crippen LogP contribution in [0.4, 0.5) is 0 Å². The quantitative estimate of drug-likeness (QED) is 0.890. The second-order valence-corrected chi connectivity index (χ2v) is 9.35. The minimum atomic E-state index is -0.592. The molecule has 1 fully saturated rings. The monoisotopic (exact) mass is 340 g/mol. The molecule has 1 amide bonds. The molecule has 0 saturated carbocycles. The third-order valence-corrected chi connectivity index (χ3v) is 5.71. The van der Waals surface area contributed by atoms with Gasteiger partial charge in [-0.3, -0.25) is 4.79 Å². The highest BCUT2D eigenvalue weighted by atomic mass is 32.2. The molecule has 1 aromatic rings. The average molecular weight is 340 g/mol. The highest BCUT2D eigenvalue weighted by Crippen LogP contribution is 2.36. The van der Waals surface area contributed by atoms with E-state index < -0.39 is 4.75 Å². The van der Waals surface area contributed by atoms with Gasteiger partial charge in [-0.25, -0.2) is 0 Å². The van der Waals surface area contributed by atoms with Gasteiger partial charge in [0.05, 0.1) is 16.5 Å². The lowest BCUT2D eigenvalue weighted by atomic mass is 9.89. The Hall–Kier alpha value is -1.01. The molecule has 2 N–H and O–H groups in total. The van der Waals surface area contributed by atoms with Gasteiger partial charge in [0.25, 0.3) is 0 Å². The van der Waals surface area contributed by atoms with Gasteiger partial charge in [0, 0.05) is 29.8 Å². The van der Waals surface area contributed by atoms with Crippen molar-refractivity contribution >= 4 is 17.7 Å². The maximum atomic E-state index is 11.5. The molecule has 130 valence electrons. The van der Waals surface area contributed by atoms with Gasteiger partial charge in [0.15, 0.2) is 0 Å². The number of ether oxygens (including phenoxy) is 1. The summed E-state index contributed by atoms with van der Waals surface area (Å²) in [6.07, 6.45) is 2.08. The smallest absolute Gasteiger partial charge is 0.233 e. The SMILES string of the molecule is CC(C)(SCC1OCCCC1c1cc(C(C)(C)C)on1)C(N)=O. The summed E-state index contributed by atoms with van der Waals surface area (Å²) in [6.45, 7) is 10.8. The van der Waals surface area contributed by atoms with E-state index in [-0.39, 0.29) is 23.3 Å². The van der Waals surface area contributed by atoms with Crippen LogP contribution < -0.4 is 5.73 Å². The molecule has 6 heteroatoms. The number of amides is 1. The molecule has 5 nitrogen and oxygen atoms in total. The van der Waals surface area contributed by atoms with Crippen LogP contribution in [0.25, 0.3) is 0 Å². The van der Waals surface area contributed by atoms with Gasteiger partial charge in [-0.1, -0.05) is 25.9 Å². The Labute approximate surface area is 142 Å². The normalized spacial score (nSPS) is 23.0. The molecular weight excluding hydrogens is 312 g/mol. The van der Waals surface area contributed by atoms with Crippen LogP contribution in [-0.4, -0.2) is 34.3 Å². The summed E-state index contributed by atoms with van der Waals surface area (Å²) >= 11 is 1.55. The fourth-order valence-electron chi connectivity index (χ4n) is 2.52. The Kier molecular flexibility index (Phi) is 5.46. The van der Waals surface area contributed by atoms with Crippen molar-refractivity contribution in [3.63, 3.8) is 0 Å². The highest BCUT2D eigenvalue weighted by molar-refractivity contribution is 8.01. The van der Waals surface area contributed by atoms with Gasteiger partial charge in [-0.15, -0.1) is 11.8 Å². The van der Waals surface area contributed by atoms with Gasteiger partial charge in [0.1, 0.15) is 5.76 Å². The molecular formula is C17H28N2O3S. The zero-order valence-corrected chi connectivity index (χ0v) is 15.5. The summed E-state index contributed by atoms with van der Waals surface area (Å²) in [5.41, 5.74) is 6.35. The number of rotatable bonds is 5. The van der Waals surface area contributed by atoms with Crippen LogP contribution in [0, 0.1) is 0 Å². The Morgan fingerprint density at radius 2 is 2.09 bits per heavy atom. The summed E-state index contributed by atoms with van der Waals surface area (Å²) < 4.78 is 10.9. The Balaban J connectivity index is 2.09. The topological polar surface area (TPSA) is 78.3 Å². The Morgan fingerprint density at radius 3 is 2.65 bits per heavy atom. The van der Waals surface area contributed by atoms with Gasteiger partial charge >= 0.3 is 0 Å². The number of nitrogens with two attached hydrogens (primary N) is 1. The number of hydrogen-bond acceptors (Lipinski definition) is 5. The summed E-state index contributed by atoms with van der Waals surface area (Å²) in [6, 6.07) is 2.05. The molecule has 2 unspecified atom stereocenters. The minimum Gasteiger partial charge on any atom is -0.377 e. The average Bonchev–Trinajstić information content (AvgIpc) is 2.95. The molecule has 2 heterocycles. The van der Waals surface area contributed by atoms with Crippen LogP contribution in [0.2, 0.25) is 0 Å². The molecule has 1 aromatic heterocycles. The molecule has 0 aromatic carbocycles.